The van der Waals surface area contributed by atoms with Gasteiger partial charge in [-0.25, -0.2) is 0 Å². The summed E-state index contributed by atoms with van der Waals surface area (Å²) in [5.74, 6) is 0.802. The van der Waals surface area contributed by atoms with Gasteiger partial charge in [-0.2, -0.15) is 0 Å². The van der Waals surface area contributed by atoms with Gasteiger partial charge in [0.2, 0.25) is 0 Å². The van der Waals surface area contributed by atoms with E-state index in [1.165, 1.54) is 38.8 Å². The van der Waals surface area contributed by atoms with E-state index in [4.69, 9.17) is 0 Å². The normalized spacial score (nSPS) is 24.9. The Bertz CT molecular complexity index is 180. The van der Waals surface area contributed by atoms with Crippen molar-refractivity contribution in [1.82, 2.24) is 10.2 Å². The van der Waals surface area contributed by atoms with Crippen molar-refractivity contribution >= 4 is 0 Å². The van der Waals surface area contributed by atoms with Gasteiger partial charge in [0.25, 0.3) is 0 Å². The van der Waals surface area contributed by atoms with E-state index in [-0.39, 0.29) is 0 Å². The lowest BCUT2D eigenvalue weighted by Gasteiger charge is -2.33. The minimum atomic E-state index is 0.667. The molecular formula is C14H30N2. The summed E-state index contributed by atoms with van der Waals surface area (Å²) in [7, 11) is 0. The first-order valence-corrected chi connectivity index (χ1v) is 7.07. The smallest absolute Gasteiger partial charge is 0.0110 e. The fourth-order valence-corrected chi connectivity index (χ4v) is 2.73. The summed E-state index contributed by atoms with van der Waals surface area (Å²) < 4.78 is 0. The lowest BCUT2D eigenvalue weighted by molar-refractivity contribution is 0.160. The average molecular weight is 226 g/mol. The summed E-state index contributed by atoms with van der Waals surface area (Å²) in [6.07, 6.45) is 5.50. The third-order valence-corrected chi connectivity index (χ3v) is 3.66. The Morgan fingerprint density at radius 3 is 2.62 bits per heavy atom. The van der Waals surface area contributed by atoms with Gasteiger partial charge in [0.1, 0.15) is 0 Å². The number of nitrogens with zero attached hydrogens (tertiary/aromatic N) is 1. The van der Waals surface area contributed by atoms with Crippen LogP contribution in [-0.2, 0) is 0 Å². The van der Waals surface area contributed by atoms with Crippen molar-refractivity contribution in [2.24, 2.45) is 5.92 Å². The van der Waals surface area contributed by atoms with Crippen LogP contribution >= 0.6 is 0 Å². The molecule has 0 aromatic rings. The van der Waals surface area contributed by atoms with Crippen LogP contribution in [0.5, 0.6) is 0 Å². The molecule has 0 bridgehead atoms. The van der Waals surface area contributed by atoms with Crippen LogP contribution in [0.4, 0.5) is 0 Å². The highest BCUT2D eigenvalue weighted by molar-refractivity contribution is 4.74. The van der Waals surface area contributed by atoms with Gasteiger partial charge in [0.15, 0.2) is 0 Å². The van der Waals surface area contributed by atoms with Gasteiger partial charge in [0, 0.05) is 25.2 Å². The van der Waals surface area contributed by atoms with Gasteiger partial charge >= 0.3 is 0 Å². The maximum Gasteiger partial charge on any atom is 0.0110 e. The Morgan fingerprint density at radius 2 is 2.00 bits per heavy atom. The van der Waals surface area contributed by atoms with Gasteiger partial charge < -0.3 is 5.32 Å². The summed E-state index contributed by atoms with van der Waals surface area (Å²) in [5.41, 5.74) is 0. The maximum atomic E-state index is 3.64. The Morgan fingerprint density at radius 1 is 1.25 bits per heavy atom. The third kappa shape index (κ3) is 5.31. The standard InChI is InChI=1S/C14H30N2/c1-12(2)11-13(3)15-8-10-16-9-6-5-7-14(16)4/h12-15H,5-11H2,1-4H3. The highest BCUT2D eigenvalue weighted by atomic mass is 15.2. The first kappa shape index (κ1) is 14.0. The minimum absolute atomic E-state index is 0.667. The minimum Gasteiger partial charge on any atom is -0.313 e. The van der Waals surface area contributed by atoms with E-state index in [1.807, 2.05) is 0 Å². The third-order valence-electron chi connectivity index (χ3n) is 3.66. The van der Waals surface area contributed by atoms with Crippen LogP contribution in [0.2, 0.25) is 0 Å². The van der Waals surface area contributed by atoms with Crippen molar-refractivity contribution in [3.63, 3.8) is 0 Å². The van der Waals surface area contributed by atoms with Gasteiger partial charge in [-0.15, -0.1) is 0 Å². The van der Waals surface area contributed by atoms with Crippen LogP contribution in [0.1, 0.15) is 53.4 Å². The first-order chi connectivity index (χ1) is 7.59. The number of rotatable bonds is 6. The van der Waals surface area contributed by atoms with E-state index < -0.39 is 0 Å². The van der Waals surface area contributed by atoms with Crippen molar-refractivity contribution in [1.29, 1.82) is 0 Å². The number of likely N-dealkylation sites (tertiary alicyclic amines) is 1. The molecule has 0 saturated carbocycles. The highest BCUT2D eigenvalue weighted by Gasteiger charge is 2.17. The molecular weight excluding hydrogens is 196 g/mol. The molecule has 1 heterocycles. The fraction of sp³-hybridized carbons (Fsp3) is 1.00. The molecule has 0 aromatic carbocycles. The summed E-state index contributed by atoms with van der Waals surface area (Å²) in [6.45, 7) is 13.0. The molecule has 2 nitrogen and oxygen atoms in total. The molecule has 0 aliphatic carbocycles. The lowest BCUT2D eigenvalue weighted by atomic mass is 10.0. The zero-order valence-electron chi connectivity index (χ0n) is 11.6. The fourth-order valence-electron chi connectivity index (χ4n) is 2.73. The van der Waals surface area contributed by atoms with Crippen molar-refractivity contribution in [2.45, 2.75) is 65.5 Å². The molecule has 1 aliphatic heterocycles. The zero-order chi connectivity index (χ0) is 12.0. The molecule has 2 heteroatoms. The second-order valence-electron chi connectivity index (χ2n) is 5.87. The molecule has 2 unspecified atom stereocenters. The summed E-state index contributed by atoms with van der Waals surface area (Å²) in [4.78, 5) is 2.64. The van der Waals surface area contributed by atoms with E-state index in [2.05, 4.69) is 37.9 Å². The van der Waals surface area contributed by atoms with Crippen LogP contribution in [0, 0.1) is 5.92 Å². The van der Waals surface area contributed by atoms with Gasteiger partial charge in [-0.05, 0) is 45.6 Å². The Hall–Kier alpha value is -0.0800. The molecule has 2 atom stereocenters. The molecule has 96 valence electrons. The summed E-state index contributed by atoms with van der Waals surface area (Å²) in [5, 5.41) is 3.64. The molecule has 1 saturated heterocycles. The van der Waals surface area contributed by atoms with Gasteiger partial charge in [-0.3, -0.25) is 4.90 Å². The number of hydrogen-bond acceptors (Lipinski definition) is 2. The van der Waals surface area contributed by atoms with Gasteiger partial charge in [0.05, 0.1) is 0 Å². The lowest BCUT2D eigenvalue weighted by Crippen LogP contribution is -2.43. The number of piperidine rings is 1. The highest BCUT2D eigenvalue weighted by Crippen LogP contribution is 2.15. The van der Waals surface area contributed by atoms with E-state index in [0.717, 1.165) is 18.5 Å². The van der Waals surface area contributed by atoms with Crippen LogP contribution in [-0.4, -0.2) is 36.6 Å². The predicted molar refractivity (Wildman–Crippen MR) is 71.8 cm³/mol. The summed E-state index contributed by atoms with van der Waals surface area (Å²) >= 11 is 0. The average Bonchev–Trinajstić information content (AvgIpc) is 2.19. The molecule has 0 radical (unpaired) electrons. The van der Waals surface area contributed by atoms with E-state index >= 15 is 0 Å². The van der Waals surface area contributed by atoms with Crippen LogP contribution < -0.4 is 5.32 Å². The van der Waals surface area contributed by atoms with Crippen molar-refractivity contribution in [3.8, 4) is 0 Å². The van der Waals surface area contributed by atoms with E-state index in [1.54, 1.807) is 0 Å². The second-order valence-corrected chi connectivity index (χ2v) is 5.87. The second kappa shape index (κ2) is 7.29. The molecule has 1 rings (SSSR count). The molecule has 16 heavy (non-hydrogen) atoms. The number of nitrogens with one attached hydrogen (secondary N) is 1. The molecule has 1 aliphatic rings. The zero-order valence-corrected chi connectivity index (χ0v) is 11.6. The van der Waals surface area contributed by atoms with E-state index in [9.17, 15) is 0 Å². The van der Waals surface area contributed by atoms with Crippen LogP contribution in [0.3, 0.4) is 0 Å². The largest absolute Gasteiger partial charge is 0.313 e. The van der Waals surface area contributed by atoms with Gasteiger partial charge in [-0.1, -0.05) is 20.3 Å². The SMILES string of the molecule is CC(C)CC(C)NCCN1CCCCC1C. The Kier molecular flexibility index (Phi) is 6.37. The van der Waals surface area contributed by atoms with E-state index in [0.29, 0.717) is 6.04 Å². The molecule has 0 spiro atoms. The van der Waals surface area contributed by atoms with Crippen molar-refractivity contribution in [3.05, 3.63) is 0 Å². The topological polar surface area (TPSA) is 15.3 Å². The predicted octanol–water partition coefficient (Wildman–Crippen LogP) is 2.89. The molecule has 0 aromatic heterocycles. The van der Waals surface area contributed by atoms with Crippen molar-refractivity contribution < 1.29 is 0 Å². The molecule has 1 fully saturated rings. The van der Waals surface area contributed by atoms with Crippen molar-refractivity contribution in [2.75, 3.05) is 19.6 Å². The summed E-state index contributed by atoms with van der Waals surface area (Å²) in [6, 6.07) is 1.47. The van der Waals surface area contributed by atoms with Crippen LogP contribution in [0.25, 0.3) is 0 Å². The Balaban J connectivity index is 2.09. The number of hydrogen-bond donors (Lipinski definition) is 1. The Labute approximate surface area is 102 Å². The molecule has 0 amide bonds. The quantitative estimate of drug-likeness (QED) is 0.749. The first-order valence-electron chi connectivity index (χ1n) is 7.07. The maximum absolute atomic E-state index is 3.64. The molecule has 1 N–H and O–H groups in total. The monoisotopic (exact) mass is 226 g/mol. The van der Waals surface area contributed by atoms with Crippen LogP contribution in [0.15, 0.2) is 0 Å².